The van der Waals surface area contributed by atoms with E-state index in [0.717, 1.165) is 38.0 Å². The Morgan fingerprint density at radius 3 is 2.16 bits per heavy atom. The Bertz CT molecular complexity index is 1280. The number of thiazole rings is 1. The van der Waals surface area contributed by atoms with E-state index in [4.69, 9.17) is 4.74 Å². The van der Waals surface area contributed by atoms with Crippen LogP contribution in [0.15, 0.2) is 83.8 Å². The number of benzene rings is 3. The fraction of sp³-hybridized carbons (Fsp3) is 0.160. The number of nitrogens with one attached hydrogen (secondary N) is 1. The van der Waals surface area contributed by atoms with Crippen molar-refractivity contribution in [2.24, 2.45) is 0 Å². The quantitative estimate of drug-likeness (QED) is 0.383. The fourth-order valence-corrected chi connectivity index (χ4v) is 5.46. The van der Waals surface area contributed by atoms with Crippen molar-refractivity contribution >= 4 is 21.4 Å². The molecule has 5 nitrogen and oxygen atoms in total. The number of methoxy groups -OCH3 is 1. The van der Waals surface area contributed by atoms with E-state index in [1.165, 1.54) is 0 Å². The summed E-state index contributed by atoms with van der Waals surface area (Å²) in [6.07, 6.45) is 0.584. The van der Waals surface area contributed by atoms with E-state index in [9.17, 15) is 8.42 Å². The molecular weight excluding hydrogens is 440 g/mol. The second-order valence-corrected chi connectivity index (χ2v) is 10.1. The fourth-order valence-electron chi connectivity index (χ4n) is 3.36. The van der Waals surface area contributed by atoms with Crippen LogP contribution in [0.5, 0.6) is 5.75 Å². The monoisotopic (exact) mass is 464 g/mol. The zero-order valence-electron chi connectivity index (χ0n) is 17.9. The van der Waals surface area contributed by atoms with Gasteiger partial charge >= 0.3 is 0 Å². The average molecular weight is 465 g/mol. The molecular formula is C25H24N2O3S2. The van der Waals surface area contributed by atoms with Crippen molar-refractivity contribution in [2.45, 2.75) is 18.2 Å². The first kappa shape index (κ1) is 22.2. The van der Waals surface area contributed by atoms with Gasteiger partial charge in [0, 0.05) is 17.0 Å². The number of sulfonamides is 1. The van der Waals surface area contributed by atoms with Crippen molar-refractivity contribution < 1.29 is 13.2 Å². The Balaban J connectivity index is 1.40. The van der Waals surface area contributed by atoms with E-state index in [2.05, 4.69) is 9.71 Å². The lowest BCUT2D eigenvalue weighted by molar-refractivity contribution is 0.415. The minimum absolute atomic E-state index is 0.261. The molecule has 1 aromatic heterocycles. The van der Waals surface area contributed by atoms with E-state index < -0.39 is 10.0 Å². The van der Waals surface area contributed by atoms with Crippen LogP contribution in [0.1, 0.15) is 10.6 Å². The Morgan fingerprint density at radius 1 is 0.875 bits per heavy atom. The zero-order chi connectivity index (χ0) is 22.6. The van der Waals surface area contributed by atoms with Gasteiger partial charge in [-0.05, 0) is 60.9 Å². The minimum Gasteiger partial charge on any atom is -0.497 e. The highest BCUT2D eigenvalue weighted by molar-refractivity contribution is 7.89. The standard InChI is InChI=1S/C25H24N2O3S2/c1-18-24(31-25(27-18)21-8-12-22(30-2)13-9-21)16-17-26-32(28,29)23-14-10-20(11-15-23)19-6-4-3-5-7-19/h3-15,26H,16-17H2,1-2H3. The molecule has 0 fully saturated rings. The summed E-state index contributed by atoms with van der Waals surface area (Å²) in [6.45, 7) is 2.27. The second kappa shape index (κ2) is 9.65. The van der Waals surface area contributed by atoms with Crippen LogP contribution in [0.2, 0.25) is 0 Å². The lowest BCUT2D eigenvalue weighted by Gasteiger charge is -2.08. The van der Waals surface area contributed by atoms with Crippen molar-refractivity contribution in [1.82, 2.24) is 9.71 Å². The molecule has 164 valence electrons. The summed E-state index contributed by atoms with van der Waals surface area (Å²) in [5.41, 5.74) is 3.98. The predicted molar refractivity (Wildman–Crippen MR) is 130 cm³/mol. The van der Waals surface area contributed by atoms with Crippen molar-refractivity contribution in [1.29, 1.82) is 0 Å². The van der Waals surface area contributed by atoms with E-state index in [1.807, 2.05) is 73.7 Å². The van der Waals surface area contributed by atoms with Gasteiger partial charge in [0.05, 0.1) is 17.7 Å². The number of ether oxygens (including phenoxy) is 1. The smallest absolute Gasteiger partial charge is 0.240 e. The first-order valence-corrected chi connectivity index (χ1v) is 12.5. The van der Waals surface area contributed by atoms with E-state index in [0.29, 0.717) is 13.0 Å². The van der Waals surface area contributed by atoms with Gasteiger partial charge in [0.1, 0.15) is 10.8 Å². The topological polar surface area (TPSA) is 68.3 Å². The Kier molecular flexibility index (Phi) is 6.69. The summed E-state index contributed by atoms with van der Waals surface area (Å²) in [4.78, 5) is 5.98. The second-order valence-electron chi connectivity index (χ2n) is 7.29. The summed E-state index contributed by atoms with van der Waals surface area (Å²) in [5.74, 6) is 0.799. The lowest BCUT2D eigenvalue weighted by atomic mass is 10.1. The summed E-state index contributed by atoms with van der Waals surface area (Å²) in [7, 11) is -1.94. The van der Waals surface area contributed by atoms with Gasteiger partial charge in [0.15, 0.2) is 0 Å². The van der Waals surface area contributed by atoms with Gasteiger partial charge in [-0.3, -0.25) is 0 Å². The zero-order valence-corrected chi connectivity index (χ0v) is 19.5. The molecule has 0 spiro atoms. The first-order chi connectivity index (χ1) is 15.5. The third-order valence-corrected chi connectivity index (χ3v) is 7.89. The molecule has 0 saturated heterocycles. The van der Waals surface area contributed by atoms with E-state index >= 15 is 0 Å². The first-order valence-electron chi connectivity index (χ1n) is 10.2. The van der Waals surface area contributed by atoms with Crippen molar-refractivity contribution in [2.75, 3.05) is 13.7 Å². The highest BCUT2D eigenvalue weighted by atomic mass is 32.2. The molecule has 3 aromatic carbocycles. The number of hydrogen-bond donors (Lipinski definition) is 1. The molecule has 0 bridgehead atoms. The molecule has 1 N–H and O–H groups in total. The summed E-state index contributed by atoms with van der Waals surface area (Å²) < 4.78 is 33.3. The maximum Gasteiger partial charge on any atom is 0.240 e. The van der Waals surface area contributed by atoms with Crippen molar-refractivity contribution in [3.8, 4) is 27.4 Å². The molecule has 0 aliphatic heterocycles. The SMILES string of the molecule is COc1ccc(-c2nc(C)c(CCNS(=O)(=O)c3ccc(-c4ccccc4)cc3)s2)cc1. The van der Waals surface area contributed by atoms with Crippen LogP contribution in [0.4, 0.5) is 0 Å². The summed E-state index contributed by atoms with van der Waals surface area (Å²) in [5, 5.41) is 0.916. The maximum atomic E-state index is 12.7. The Morgan fingerprint density at radius 2 is 1.50 bits per heavy atom. The largest absolute Gasteiger partial charge is 0.497 e. The highest BCUT2D eigenvalue weighted by Gasteiger charge is 2.15. The molecule has 0 unspecified atom stereocenters. The maximum absolute atomic E-state index is 12.7. The number of nitrogens with zero attached hydrogens (tertiary/aromatic N) is 1. The van der Waals surface area contributed by atoms with Gasteiger partial charge in [-0.2, -0.15) is 0 Å². The molecule has 0 amide bonds. The van der Waals surface area contributed by atoms with Gasteiger partial charge in [-0.15, -0.1) is 11.3 Å². The summed E-state index contributed by atoms with van der Waals surface area (Å²) in [6, 6.07) is 24.6. The highest BCUT2D eigenvalue weighted by Crippen LogP contribution is 2.29. The lowest BCUT2D eigenvalue weighted by Crippen LogP contribution is -2.25. The number of rotatable bonds is 8. The number of aryl methyl sites for hydroxylation is 1. The molecule has 0 atom stereocenters. The van der Waals surface area contributed by atoms with Gasteiger partial charge in [-0.25, -0.2) is 18.1 Å². The molecule has 0 aliphatic rings. The van der Waals surface area contributed by atoms with E-state index in [1.54, 1.807) is 30.6 Å². The number of aromatic nitrogens is 1. The number of hydrogen-bond acceptors (Lipinski definition) is 5. The molecule has 1 heterocycles. The van der Waals surface area contributed by atoms with Crippen LogP contribution in [0, 0.1) is 6.92 Å². The molecule has 4 rings (SSSR count). The third kappa shape index (κ3) is 5.07. The minimum atomic E-state index is -3.57. The predicted octanol–water partition coefficient (Wildman–Crippen LogP) is 5.32. The Hall–Kier alpha value is -3.00. The van der Waals surface area contributed by atoms with Crippen LogP contribution in [-0.4, -0.2) is 27.1 Å². The molecule has 0 aliphatic carbocycles. The van der Waals surface area contributed by atoms with Crippen LogP contribution >= 0.6 is 11.3 Å². The van der Waals surface area contributed by atoms with Crippen molar-refractivity contribution in [3.05, 3.63) is 89.4 Å². The average Bonchev–Trinajstić information content (AvgIpc) is 3.20. The van der Waals surface area contributed by atoms with Gasteiger partial charge < -0.3 is 4.74 Å². The third-order valence-electron chi connectivity index (χ3n) is 5.15. The van der Waals surface area contributed by atoms with Gasteiger partial charge in [-0.1, -0.05) is 42.5 Å². The van der Waals surface area contributed by atoms with Gasteiger partial charge in [0.2, 0.25) is 10.0 Å². The molecule has 4 aromatic rings. The van der Waals surface area contributed by atoms with Crippen LogP contribution in [-0.2, 0) is 16.4 Å². The summed E-state index contributed by atoms with van der Waals surface area (Å²) >= 11 is 1.59. The van der Waals surface area contributed by atoms with Crippen LogP contribution in [0.25, 0.3) is 21.7 Å². The normalized spacial score (nSPS) is 11.4. The molecule has 32 heavy (non-hydrogen) atoms. The molecule has 0 saturated carbocycles. The van der Waals surface area contributed by atoms with E-state index in [-0.39, 0.29) is 4.90 Å². The molecule has 7 heteroatoms. The Labute approximate surface area is 192 Å². The van der Waals surface area contributed by atoms with Crippen LogP contribution in [0.3, 0.4) is 0 Å². The molecule has 0 radical (unpaired) electrons. The van der Waals surface area contributed by atoms with Gasteiger partial charge in [0.25, 0.3) is 0 Å². The van der Waals surface area contributed by atoms with Crippen molar-refractivity contribution in [3.63, 3.8) is 0 Å². The van der Waals surface area contributed by atoms with Crippen LogP contribution < -0.4 is 9.46 Å².